The van der Waals surface area contributed by atoms with E-state index in [1.54, 1.807) is 31.0 Å². The number of rotatable bonds is 2. The van der Waals surface area contributed by atoms with Crippen LogP contribution in [0.5, 0.6) is 0 Å². The first-order valence-electron chi connectivity index (χ1n) is 5.96. The summed E-state index contributed by atoms with van der Waals surface area (Å²) in [6, 6.07) is 1.83. The van der Waals surface area contributed by atoms with E-state index in [1.165, 1.54) is 0 Å². The van der Waals surface area contributed by atoms with Gasteiger partial charge in [0.2, 0.25) is 5.95 Å². The first-order valence-corrected chi connectivity index (χ1v) is 5.96. The number of aromatic nitrogens is 4. The lowest BCUT2D eigenvalue weighted by Crippen LogP contribution is -2.47. The van der Waals surface area contributed by atoms with E-state index in [0.29, 0.717) is 0 Å². The van der Waals surface area contributed by atoms with Crippen molar-refractivity contribution >= 4 is 11.8 Å². The Kier molecular flexibility index (Phi) is 2.99. The van der Waals surface area contributed by atoms with E-state index in [9.17, 15) is 0 Å². The first-order chi connectivity index (χ1) is 8.93. The van der Waals surface area contributed by atoms with Crippen molar-refractivity contribution in [1.29, 1.82) is 0 Å². The molecule has 0 spiro atoms. The van der Waals surface area contributed by atoms with Gasteiger partial charge in [-0.1, -0.05) is 0 Å². The van der Waals surface area contributed by atoms with Gasteiger partial charge in [-0.3, -0.25) is 4.98 Å². The number of nitrogens with zero attached hydrogens (tertiary/aromatic N) is 6. The highest BCUT2D eigenvalue weighted by Crippen LogP contribution is 2.14. The SMILES string of the molecule is c1cnc(N2CCN(c3cnccn3)CC2)nc1. The molecular formula is C12H14N6. The molecule has 2 aromatic heterocycles. The van der Waals surface area contributed by atoms with Crippen LogP contribution >= 0.6 is 0 Å². The Labute approximate surface area is 105 Å². The van der Waals surface area contributed by atoms with Gasteiger partial charge in [0.25, 0.3) is 0 Å². The lowest BCUT2D eigenvalue weighted by atomic mass is 10.3. The molecule has 0 bridgehead atoms. The fourth-order valence-electron chi connectivity index (χ4n) is 2.04. The van der Waals surface area contributed by atoms with E-state index in [2.05, 4.69) is 29.7 Å². The molecule has 18 heavy (non-hydrogen) atoms. The predicted octanol–water partition coefficient (Wildman–Crippen LogP) is 0.593. The topological polar surface area (TPSA) is 58.0 Å². The van der Waals surface area contributed by atoms with Gasteiger partial charge in [-0.15, -0.1) is 0 Å². The Bertz CT molecular complexity index is 433. The van der Waals surface area contributed by atoms with Gasteiger partial charge in [0.1, 0.15) is 5.82 Å². The summed E-state index contributed by atoms with van der Waals surface area (Å²) < 4.78 is 0. The second kappa shape index (κ2) is 4.95. The van der Waals surface area contributed by atoms with E-state index in [4.69, 9.17) is 0 Å². The van der Waals surface area contributed by atoms with Crippen molar-refractivity contribution in [3.05, 3.63) is 37.1 Å². The summed E-state index contributed by atoms with van der Waals surface area (Å²) >= 11 is 0. The quantitative estimate of drug-likeness (QED) is 0.768. The highest BCUT2D eigenvalue weighted by atomic mass is 15.3. The Morgan fingerprint density at radius 1 is 0.778 bits per heavy atom. The average molecular weight is 242 g/mol. The minimum atomic E-state index is 0.802. The van der Waals surface area contributed by atoms with Gasteiger partial charge in [0, 0.05) is 51.0 Å². The third kappa shape index (κ3) is 2.22. The van der Waals surface area contributed by atoms with Crippen molar-refractivity contribution in [2.75, 3.05) is 36.0 Å². The molecule has 0 aliphatic carbocycles. The Balaban J connectivity index is 1.65. The highest BCUT2D eigenvalue weighted by Gasteiger charge is 2.19. The van der Waals surface area contributed by atoms with E-state index in [0.717, 1.165) is 37.9 Å². The van der Waals surface area contributed by atoms with E-state index < -0.39 is 0 Å². The third-order valence-electron chi connectivity index (χ3n) is 2.99. The largest absolute Gasteiger partial charge is 0.352 e. The van der Waals surface area contributed by atoms with Crippen LogP contribution in [0.25, 0.3) is 0 Å². The van der Waals surface area contributed by atoms with Crippen LogP contribution in [0, 0.1) is 0 Å². The molecule has 0 amide bonds. The molecule has 0 radical (unpaired) electrons. The Morgan fingerprint density at radius 2 is 1.50 bits per heavy atom. The van der Waals surface area contributed by atoms with Crippen LogP contribution in [-0.2, 0) is 0 Å². The summed E-state index contributed by atoms with van der Waals surface area (Å²) in [6.45, 7) is 3.63. The summed E-state index contributed by atoms with van der Waals surface area (Å²) in [6.07, 6.45) is 8.77. The van der Waals surface area contributed by atoms with Crippen LogP contribution in [0.1, 0.15) is 0 Å². The Morgan fingerprint density at radius 3 is 2.17 bits per heavy atom. The molecule has 6 heteroatoms. The third-order valence-corrected chi connectivity index (χ3v) is 2.99. The molecule has 1 saturated heterocycles. The summed E-state index contributed by atoms with van der Waals surface area (Å²) in [7, 11) is 0. The lowest BCUT2D eigenvalue weighted by Gasteiger charge is -2.35. The second-order valence-corrected chi connectivity index (χ2v) is 4.09. The molecular weight excluding hydrogens is 228 g/mol. The molecule has 2 aromatic rings. The van der Waals surface area contributed by atoms with Gasteiger partial charge < -0.3 is 9.80 Å². The van der Waals surface area contributed by atoms with Crippen LogP contribution in [-0.4, -0.2) is 46.1 Å². The minimum Gasteiger partial charge on any atom is -0.352 e. The van der Waals surface area contributed by atoms with Crippen LogP contribution in [0.3, 0.4) is 0 Å². The smallest absolute Gasteiger partial charge is 0.225 e. The van der Waals surface area contributed by atoms with Crippen molar-refractivity contribution in [2.24, 2.45) is 0 Å². The maximum Gasteiger partial charge on any atom is 0.225 e. The molecule has 92 valence electrons. The number of hydrogen-bond acceptors (Lipinski definition) is 6. The van der Waals surface area contributed by atoms with E-state index in [1.807, 2.05) is 6.07 Å². The van der Waals surface area contributed by atoms with Gasteiger partial charge >= 0.3 is 0 Å². The molecule has 3 rings (SSSR count). The monoisotopic (exact) mass is 242 g/mol. The zero-order chi connectivity index (χ0) is 12.2. The summed E-state index contributed by atoms with van der Waals surface area (Å²) in [5.74, 6) is 1.74. The summed E-state index contributed by atoms with van der Waals surface area (Å²) in [5.41, 5.74) is 0. The molecule has 0 unspecified atom stereocenters. The molecule has 1 aliphatic rings. The predicted molar refractivity (Wildman–Crippen MR) is 68.5 cm³/mol. The zero-order valence-corrected chi connectivity index (χ0v) is 9.98. The number of hydrogen-bond donors (Lipinski definition) is 0. The first kappa shape index (κ1) is 10.9. The minimum absolute atomic E-state index is 0.802. The summed E-state index contributed by atoms with van der Waals surface area (Å²) in [4.78, 5) is 21.4. The van der Waals surface area contributed by atoms with Gasteiger partial charge in [0.05, 0.1) is 6.20 Å². The molecule has 0 atom stereocenters. The maximum atomic E-state index is 4.31. The molecule has 1 fully saturated rings. The van der Waals surface area contributed by atoms with Crippen LogP contribution in [0.2, 0.25) is 0 Å². The van der Waals surface area contributed by atoms with Gasteiger partial charge in [-0.05, 0) is 6.07 Å². The Hall–Kier alpha value is -2.24. The van der Waals surface area contributed by atoms with Crippen molar-refractivity contribution in [3.63, 3.8) is 0 Å². The molecule has 3 heterocycles. The highest BCUT2D eigenvalue weighted by molar-refractivity contribution is 5.40. The fraction of sp³-hybridized carbons (Fsp3) is 0.333. The van der Waals surface area contributed by atoms with Crippen molar-refractivity contribution < 1.29 is 0 Å². The van der Waals surface area contributed by atoms with E-state index in [-0.39, 0.29) is 0 Å². The van der Waals surface area contributed by atoms with Crippen LogP contribution < -0.4 is 9.80 Å². The number of piperazine rings is 1. The number of anilines is 2. The normalized spacial score (nSPS) is 15.8. The fourth-order valence-corrected chi connectivity index (χ4v) is 2.04. The maximum absolute atomic E-state index is 4.31. The van der Waals surface area contributed by atoms with Crippen LogP contribution in [0.15, 0.2) is 37.1 Å². The standard InChI is InChI=1S/C12H14N6/c1-2-15-12(16-3-1)18-8-6-17(7-9-18)11-10-13-4-5-14-11/h1-5,10H,6-9H2. The van der Waals surface area contributed by atoms with Crippen molar-refractivity contribution in [3.8, 4) is 0 Å². The molecule has 0 saturated carbocycles. The summed E-state index contributed by atoms with van der Waals surface area (Å²) in [5, 5.41) is 0. The van der Waals surface area contributed by atoms with Crippen molar-refractivity contribution in [1.82, 2.24) is 19.9 Å². The average Bonchev–Trinajstić information content (AvgIpc) is 2.49. The lowest BCUT2D eigenvalue weighted by molar-refractivity contribution is 0.633. The molecule has 0 N–H and O–H groups in total. The van der Waals surface area contributed by atoms with Gasteiger partial charge in [-0.25, -0.2) is 15.0 Å². The molecule has 6 nitrogen and oxygen atoms in total. The zero-order valence-electron chi connectivity index (χ0n) is 9.98. The van der Waals surface area contributed by atoms with Gasteiger partial charge in [0.15, 0.2) is 0 Å². The molecule has 1 aliphatic heterocycles. The van der Waals surface area contributed by atoms with Gasteiger partial charge in [-0.2, -0.15) is 0 Å². The van der Waals surface area contributed by atoms with Crippen LogP contribution in [0.4, 0.5) is 11.8 Å². The van der Waals surface area contributed by atoms with E-state index >= 15 is 0 Å². The van der Waals surface area contributed by atoms with Crippen molar-refractivity contribution in [2.45, 2.75) is 0 Å². The second-order valence-electron chi connectivity index (χ2n) is 4.09. The molecule has 0 aromatic carbocycles.